The molecule has 1 saturated heterocycles. The van der Waals surface area contributed by atoms with Gasteiger partial charge in [-0.2, -0.15) is 0 Å². The Kier molecular flexibility index (Phi) is 8.84. The summed E-state index contributed by atoms with van der Waals surface area (Å²) in [7, 11) is 0. The molecule has 0 bridgehead atoms. The molecule has 1 fully saturated rings. The van der Waals surface area contributed by atoms with Crippen LogP contribution in [0.1, 0.15) is 24.8 Å². The number of hydrogen-bond donors (Lipinski definition) is 2. The van der Waals surface area contributed by atoms with Gasteiger partial charge in [0, 0.05) is 25.3 Å². The Morgan fingerprint density at radius 3 is 2.90 bits per heavy atom. The molecule has 160 valence electrons. The largest absolute Gasteiger partial charge is 0.492 e. The van der Waals surface area contributed by atoms with Crippen molar-refractivity contribution in [1.29, 1.82) is 0 Å². The molecule has 0 aliphatic carbocycles. The van der Waals surface area contributed by atoms with Crippen LogP contribution in [0.15, 0.2) is 42.6 Å². The average molecular weight is 527 g/mol. The molecule has 2 aromatic rings. The monoisotopic (exact) mass is 527 g/mol. The predicted molar refractivity (Wildman–Crippen MR) is 119 cm³/mol. The summed E-state index contributed by atoms with van der Waals surface area (Å²) in [6.07, 6.45) is 7.16. The lowest BCUT2D eigenvalue weighted by molar-refractivity contribution is -0.198. The number of amides is 1. The summed E-state index contributed by atoms with van der Waals surface area (Å²) in [5.41, 5.74) is 3.17. The van der Waals surface area contributed by atoms with Gasteiger partial charge >= 0.3 is 0 Å². The molecule has 1 unspecified atom stereocenters. The Bertz CT molecular complexity index is 858. The lowest BCUT2D eigenvalue weighted by Crippen LogP contribution is -2.32. The van der Waals surface area contributed by atoms with Crippen LogP contribution in [-0.4, -0.2) is 36.9 Å². The summed E-state index contributed by atoms with van der Waals surface area (Å²) in [4.78, 5) is 21.5. The van der Waals surface area contributed by atoms with Crippen LogP contribution in [0.5, 0.6) is 5.75 Å². The van der Waals surface area contributed by atoms with E-state index in [-0.39, 0.29) is 18.0 Å². The number of pyridine rings is 1. The van der Waals surface area contributed by atoms with Crippen molar-refractivity contribution in [3.05, 3.63) is 57.6 Å². The highest BCUT2D eigenvalue weighted by Gasteiger charge is 2.14. The first-order valence-corrected chi connectivity index (χ1v) is 10.7. The van der Waals surface area contributed by atoms with Gasteiger partial charge in [-0.15, -0.1) is 0 Å². The van der Waals surface area contributed by atoms with Crippen molar-refractivity contribution in [2.75, 3.05) is 25.1 Å². The lowest BCUT2D eigenvalue weighted by atomic mass is 10.2. The number of nitrogens with zero attached hydrogens (tertiary/aromatic N) is 1. The molecule has 0 saturated carbocycles. The quantitative estimate of drug-likeness (QED) is 0.223. The number of anilines is 1. The minimum Gasteiger partial charge on any atom is -0.492 e. The summed E-state index contributed by atoms with van der Waals surface area (Å²) in [5, 5.41) is 3.19. The SMILES string of the molecule is O=C(/C=C/c1cnc(NCCOc2ccc(F)cc2)c(I)c1)NOC1CCCCO1. The highest BCUT2D eigenvalue weighted by molar-refractivity contribution is 14.1. The molecule has 1 aliphatic heterocycles. The third kappa shape index (κ3) is 7.54. The summed E-state index contributed by atoms with van der Waals surface area (Å²) in [5.74, 6) is 0.673. The molecule has 1 atom stereocenters. The van der Waals surface area contributed by atoms with Gasteiger partial charge < -0.3 is 14.8 Å². The van der Waals surface area contributed by atoms with E-state index in [2.05, 4.69) is 38.4 Å². The number of hydrogen-bond acceptors (Lipinski definition) is 6. The molecule has 7 nitrogen and oxygen atoms in total. The van der Waals surface area contributed by atoms with E-state index in [9.17, 15) is 9.18 Å². The molecule has 1 amide bonds. The number of halogens is 2. The van der Waals surface area contributed by atoms with Crippen LogP contribution < -0.4 is 15.5 Å². The third-order valence-corrected chi connectivity index (χ3v) is 5.02. The van der Waals surface area contributed by atoms with Gasteiger partial charge in [0.05, 0.1) is 10.1 Å². The van der Waals surface area contributed by atoms with Crippen LogP contribution in [0.2, 0.25) is 0 Å². The van der Waals surface area contributed by atoms with Gasteiger partial charge in [0.25, 0.3) is 5.91 Å². The lowest BCUT2D eigenvalue weighted by Gasteiger charge is -2.21. The molecule has 1 aromatic heterocycles. The van der Waals surface area contributed by atoms with E-state index in [1.807, 2.05) is 6.07 Å². The van der Waals surface area contributed by atoms with Gasteiger partial charge in [-0.05, 0) is 77.4 Å². The zero-order valence-corrected chi connectivity index (χ0v) is 18.4. The Balaban J connectivity index is 1.40. The summed E-state index contributed by atoms with van der Waals surface area (Å²) in [6.45, 7) is 1.60. The first-order valence-electron chi connectivity index (χ1n) is 9.63. The molecule has 1 aliphatic rings. The minimum absolute atomic E-state index is 0.295. The maximum Gasteiger partial charge on any atom is 0.267 e. The number of ether oxygens (including phenoxy) is 2. The van der Waals surface area contributed by atoms with E-state index >= 15 is 0 Å². The smallest absolute Gasteiger partial charge is 0.267 e. The average Bonchev–Trinajstić information content (AvgIpc) is 2.77. The fraction of sp³-hybridized carbons (Fsp3) is 0.333. The Hall–Kier alpha value is -2.24. The zero-order valence-electron chi connectivity index (χ0n) is 16.3. The number of carbonyl (C=O) groups is 1. The second kappa shape index (κ2) is 11.8. The van der Waals surface area contributed by atoms with E-state index < -0.39 is 0 Å². The van der Waals surface area contributed by atoms with Crippen molar-refractivity contribution in [2.24, 2.45) is 0 Å². The zero-order chi connectivity index (χ0) is 21.2. The van der Waals surface area contributed by atoms with Gasteiger partial charge in [-0.3, -0.25) is 4.79 Å². The maximum absolute atomic E-state index is 12.9. The van der Waals surface area contributed by atoms with Gasteiger partial charge in [-0.25, -0.2) is 19.7 Å². The minimum atomic E-state index is -0.379. The maximum atomic E-state index is 12.9. The number of hydroxylamine groups is 1. The molecule has 1 aromatic carbocycles. The van der Waals surface area contributed by atoms with Gasteiger partial charge in [-0.1, -0.05) is 0 Å². The van der Waals surface area contributed by atoms with Gasteiger partial charge in [0.2, 0.25) is 0 Å². The molecule has 0 spiro atoms. The number of rotatable bonds is 9. The van der Waals surface area contributed by atoms with E-state index in [1.165, 1.54) is 18.2 Å². The van der Waals surface area contributed by atoms with Crippen LogP contribution in [0.3, 0.4) is 0 Å². The molecule has 2 N–H and O–H groups in total. The van der Waals surface area contributed by atoms with Crippen molar-refractivity contribution < 1.29 is 23.5 Å². The van der Waals surface area contributed by atoms with Crippen LogP contribution in [-0.2, 0) is 14.4 Å². The van der Waals surface area contributed by atoms with Crippen LogP contribution >= 0.6 is 22.6 Å². The number of carbonyl (C=O) groups excluding carboxylic acids is 1. The highest BCUT2D eigenvalue weighted by atomic mass is 127. The molecule has 0 radical (unpaired) electrons. The summed E-state index contributed by atoms with van der Waals surface area (Å²) in [6, 6.07) is 7.79. The van der Waals surface area contributed by atoms with Gasteiger partial charge in [0.15, 0.2) is 6.29 Å². The molecule has 9 heteroatoms. The molecule has 3 rings (SSSR count). The molecule has 30 heavy (non-hydrogen) atoms. The van der Waals surface area contributed by atoms with E-state index in [4.69, 9.17) is 14.3 Å². The van der Waals surface area contributed by atoms with Crippen molar-refractivity contribution in [2.45, 2.75) is 25.6 Å². The van der Waals surface area contributed by atoms with Crippen molar-refractivity contribution >= 4 is 40.4 Å². The summed E-state index contributed by atoms with van der Waals surface area (Å²) >= 11 is 2.17. The third-order valence-electron chi connectivity index (χ3n) is 4.20. The standard InChI is InChI=1S/C21H23FIN3O4/c22-16-5-7-17(8-6-16)28-12-10-24-21-18(23)13-15(14-25-21)4-9-19(27)26-30-20-3-1-2-11-29-20/h4-9,13-14,20H,1-3,10-12H2,(H,24,25)(H,26,27)/b9-4+. The number of nitrogens with one attached hydrogen (secondary N) is 2. The molecular formula is C21H23FIN3O4. The van der Waals surface area contributed by atoms with Crippen molar-refractivity contribution in [1.82, 2.24) is 10.5 Å². The fourth-order valence-corrected chi connectivity index (χ4v) is 3.37. The first-order chi connectivity index (χ1) is 14.6. The second-order valence-electron chi connectivity index (χ2n) is 6.54. The van der Waals surface area contributed by atoms with E-state index in [0.717, 1.165) is 34.2 Å². The fourth-order valence-electron chi connectivity index (χ4n) is 2.68. The second-order valence-corrected chi connectivity index (χ2v) is 7.70. The van der Waals surface area contributed by atoms with Crippen molar-refractivity contribution in [3.63, 3.8) is 0 Å². The van der Waals surface area contributed by atoms with Crippen LogP contribution in [0.4, 0.5) is 10.2 Å². The predicted octanol–water partition coefficient (Wildman–Crippen LogP) is 3.90. The highest BCUT2D eigenvalue weighted by Crippen LogP contribution is 2.18. The summed E-state index contributed by atoms with van der Waals surface area (Å²) < 4.78 is 24.7. The van der Waals surface area contributed by atoms with Crippen LogP contribution in [0, 0.1) is 9.39 Å². The van der Waals surface area contributed by atoms with Crippen molar-refractivity contribution in [3.8, 4) is 5.75 Å². The molecule has 2 heterocycles. The number of benzene rings is 1. The normalized spacial score (nSPS) is 16.4. The Morgan fingerprint density at radius 2 is 2.17 bits per heavy atom. The first kappa shape index (κ1) is 22.4. The van der Waals surface area contributed by atoms with Gasteiger partial charge in [0.1, 0.15) is 24.0 Å². The van der Waals surface area contributed by atoms with E-state index in [0.29, 0.717) is 25.5 Å². The number of aromatic nitrogens is 1. The molecular weight excluding hydrogens is 504 g/mol. The van der Waals surface area contributed by atoms with Crippen LogP contribution in [0.25, 0.3) is 6.08 Å². The Morgan fingerprint density at radius 1 is 1.33 bits per heavy atom. The Labute approximate surface area is 188 Å². The topological polar surface area (TPSA) is 81.7 Å². The van der Waals surface area contributed by atoms with E-state index in [1.54, 1.807) is 24.4 Å².